The lowest BCUT2D eigenvalue weighted by molar-refractivity contribution is -0.136. The third kappa shape index (κ3) is 3.13. The molecule has 4 heterocycles. The van der Waals surface area contributed by atoms with E-state index in [-0.39, 0.29) is 16.2 Å². The zero-order chi connectivity index (χ0) is 17.3. The molecule has 0 aromatic carbocycles. The number of rotatable bonds is 0. The van der Waals surface area contributed by atoms with Crippen LogP contribution >= 0.6 is 23.2 Å². The second-order valence-electron chi connectivity index (χ2n) is 4.49. The molecule has 124 valence electrons. The second kappa shape index (κ2) is 6.25. The summed E-state index contributed by atoms with van der Waals surface area (Å²) in [5.74, 6) is 0. The Hall–Kier alpha value is -2.39. The summed E-state index contributed by atoms with van der Waals surface area (Å²) < 4.78 is 37.2. The average molecular weight is 375 g/mol. The van der Waals surface area contributed by atoms with Gasteiger partial charge in [-0.05, 0) is 6.07 Å². The van der Waals surface area contributed by atoms with Gasteiger partial charge < -0.3 is 9.97 Å². The van der Waals surface area contributed by atoms with Crippen molar-refractivity contribution >= 4 is 45.3 Å². The lowest BCUT2D eigenvalue weighted by Gasteiger charge is -2.03. The fourth-order valence-electron chi connectivity index (χ4n) is 1.99. The molecule has 4 rings (SSSR count). The van der Waals surface area contributed by atoms with E-state index in [0.717, 1.165) is 23.6 Å². The van der Waals surface area contributed by atoms with Crippen molar-refractivity contribution in [1.29, 1.82) is 0 Å². The van der Waals surface area contributed by atoms with Gasteiger partial charge in [-0.2, -0.15) is 13.2 Å². The summed E-state index contributed by atoms with van der Waals surface area (Å²) in [4.78, 5) is 20.2. The highest BCUT2D eigenvalue weighted by molar-refractivity contribution is 6.34. The van der Waals surface area contributed by atoms with Crippen molar-refractivity contribution in [3.8, 4) is 0 Å². The van der Waals surface area contributed by atoms with Crippen LogP contribution in [-0.4, -0.2) is 29.9 Å². The zero-order valence-corrected chi connectivity index (χ0v) is 13.1. The third-order valence-corrected chi connectivity index (χ3v) is 3.62. The van der Waals surface area contributed by atoms with Crippen molar-refractivity contribution in [3.05, 3.63) is 47.0 Å². The lowest BCUT2D eigenvalue weighted by Crippen LogP contribution is -2.03. The Labute approximate surface area is 142 Å². The van der Waals surface area contributed by atoms with Crippen LogP contribution in [0.1, 0.15) is 5.56 Å². The number of hydrogen-bond donors (Lipinski definition) is 2. The largest absolute Gasteiger partial charge is 0.418 e. The summed E-state index contributed by atoms with van der Waals surface area (Å²) in [7, 11) is 0. The van der Waals surface area contributed by atoms with Crippen LogP contribution in [0, 0.1) is 0 Å². The van der Waals surface area contributed by atoms with Crippen molar-refractivity contribution in [3.63, 3.8) is 0 Å². The van der Waals surface area contributed by atoms with E-state index in [1.807, 2.05) is 6.07 Å². The molecule has 6 nitrogen and oxygen atoms in total. The summed E-state index contributed by atoms with van der Waals surface area (Å²) in [5.41, 5.74) is 0.00965. The van der Waals surface area contributed by atoms with Crippen molar-refractivity contribution in [1.82, 2.24) is 29.9 Å². The Morgan fingerprint density at radius 1 is 0.875 bits per heavy atom. The minimum absolute atomic E-state index is 0.0809. The predicted molar refractivity (Wildman–Crippen MR) is 82.8 cm³/mol. The van der Waals surface area contributed by atoms with Gasteiger partial charge in [0.2, 0.25) is 0 Å². The van der Waals surface area contributed by atoms with Gasteiger partial charge in [0.1, 0.15) is 34.3 Å². The van der Waals surface area contributed by atoms with E-state index >= 15 is 0 Å². The second-order valence-corrected chi connectivity index (χ2v) is 5.21. The van der Waals surface area contributed by atoms with Gasteiger partial charge >= 0.3 is 6.18 Å². The first-order chi connectivity index (χ1) is 11.4. The van der Waals surface area contributed by atoms with Gasteiger partial charge in [-0.25, -0.2) is 19.9 Å². The van der Waals surface area contributed by atoms with E-state index in [1.165, 1.54) is 6.33 Å². The monoisotopic (exact) mass is 374 g/mol. The van der Waals surface area contributed by atoms with Crippen molar-refractivity contribution in [2.75, 3.05) is 0 Å². The SMILES string of the molecule is Clc1ncnc2[nH]ccc12.FC(F)(F)c1c[nH]c2ncnc(Cl)c12. The number of aromatic amines is 2. The van der Waals surface area contributed by atoms with Crippen LogP contribution in [0.2, 0.25) is 10.3 Å². The molecular weight excluding hydrogens is 368 g/mol. The fraction of sp³-hybridized carbons (Fsp3) is 0.0769. The van der Waals surface area contributed by atoms with Crippen LogP contribution in [0.25, 0.3) is 22.1 Å². The Morgan fingerprint density at radius 2 is 1.54 bits per heavy atom. The van der Waals surface area contributed by atoms with Gasteiger partial charge in [0.25, 0.3) is 0 Å². The summed E-state index contributed by atoms with van der Waals surface area (Å²) in [6.45, 7) is 0. The zero-order valence-electron chi connectivity index (χ0n) is 11.6. The maximum absolute atomic E-state index is 12.4. The Kier molecular flexibility index (Phi) is 4.29. The molecule has 0 amide bonds. The molecule has 4 aromatic heterocycles. The molecule has 2 N–H and O–H groups in total. The summed E-state index contributed by atoms with van der Waals surface area (Å²) in [6.07, 6.45) is 0.686. The van der Waals surface area contributed by atoms with Gasteiger partial charge in [0, 0.05) is 12.4 Å². The van der Waals surface area contributed by atoms with Crippen LogP contribution in [-0.2, 0) is 6.18 Å². The molecule has 0 unspecified atom stereocenters. The van der Waals surface area contributed by atoms with Gasteiger partial charge in [0.05, 0.1) is 16.3 Å². The number of aromatic nitrogens is 6. The molecule has 4 aromatic rings. The lowest BCUT2D eigenvalue weighted by atomic mass is 10.2. The molecule has 0 aliphatic rings. The van der Waals surface area contributed by atoms with Crippen LogP contribution in [0.15, 0.2) is 31.1 Å². The van der Waals surface area contributed by atoms with E-state index in [4.69, 9.17) is 23.2 Å². The molecule has 0 spiro atoms. The number of halogens is 5. The molecule has 24 heavy (non-hydrogen) atoms. The molecule has 0 radical (unpaired) electrons. The first kappa shape index (κ1) is 16.5. The molecule has 11 heteroatoms. The first-order valence-corrected chi connectivity index (χ1v) is 7.12. The number of alkyl halides is 3. The molecule has 0 saturated heterocycles. The van der Waals surface area contributed by atoms with Crippen LogP contribution in [0.3, 0.4) is 0 Å². The van der Waals surface area contributed by atoms with Gasteiger partial charge in [-0.3, -0.25) is 0 Å². The third-order valence-electron chi connectivity index (χ3n) is 3.03. The maximum Gasteiger partial charge on any atom is 0.418 e. The van der Waals surface area contributed by atoms with E-state index in [2.05, 4.69) is 29.9 Å². The van der Waals surface area contributed by atoms with E-state index in [9.17, 15) is 13.2 Å². The van der Waals surface area contributed by atoms with Crippen LogP contribution < -0.4 is 0 Å². The topological polar surface area (TPSA) is 83.1 Å². The van der Waals surface area contributed by atoms with Crippen LogP contribution in [0.4, 0.5) is 13.2 Å². The Morgan fingerprint density at radius 3 is 2.21 bits per heavy atom. The summed E-state index contributed by atoms with van der Waals surface area (Å²) >= 11 is 11.3. The number of H-pyrrole nitrogens is 2. The molecular formula is C13H7Cl2F3N6. The highest BCUT2D eigenvalue weighted by atomic mass is 35.5. The fourth-order valence-corrected chi connectivity index (χ4v) is 2.42. The van der Waals surface area contributed by atoms with E-state index in [1.54, 1.807) is 6.20 Å². The minimum Gasteiger partial charge on any atom is -0.346 e. The van der Waals surface area contributed by atoms with Gasteiger partial charge in [-0.1, -0.05) is 23.2 Å². The van der Waals surface area contributed by atoms with Crippen LogP contribution in [0.5, 0.6) is 0 Å². The van der Waals surface area contributed by atoms with E-state index in [0.29, 0.717) is 5.15 Å². The quantitative estimate of drug-likeness (QED) is 0.451. The Balaban J connectivity index is 0.000000149. The number of nitrogens with zero attached hydrogens (tertiary/aromatic N) is 4. The van der Waals surface area contributed by atoms with Gasteiger partial charge in [0.15, 0.2) is 0 Å². The highest BCUT2D eigenvalue weighted by Crippen LogP contribution is 2.36. The average Bonchev–Trinajstić information content (AvgIpc) is 3.14. The standard InChI is InChI=1S/C7H3ClF3N3.C6H4ClN3/c8-5-4-3(7(9,10)11)1-12-6(4)14-2-13-5;7-5-4-1-2-8-6(4)10-3-9-5/h1-2H,(H,12,13,14);1-3H,(H,8,9,10). The van der Waals surface area contributed by atoms with Crippen molar-refractivity contribution in [2.24, 2.45) is 0 Å². The molecule has 0 bridgehead atoms. The first-order valence-electron chi connectivity index (χ1n) is 6.36. The summed E-state index contributed by atoms with van der Waals surface area (Å²) in [5, 5.41) is 0.959. The highest BCUT2D eigenvalue weighted by Gasteiger charge is 2.34. The van der Waals surface area contributed by atoms with Crippen molar-refractivity contribution < 1.29 is 13.2 Å². The Bertz CT molecular complexity index is 994. The molecule has 0 atom stereocenters. The summed E-state index contributed by atoms with van der Waals surface area (Å²) in [6, 6.07) is 1.84. The van der Waals surface area contributed by atoms with Gasteiger partial charge in [-0.15, -0.1) is 0 Å². The predicted octanol–water partition coefficient (Wildman–Crippen LogP) is 4.24. The molecule has 0 aliphatic carbocycles. The molecule has 0 saturated carbocycles. The maximum atomic E-state index is 12.4. The number of nitrogens with one attached hydrogen (secondary N) is 2. The smallest absolute Gasteiger partial charge is 0.346 e. The molecule has 0 aliphatic heterocycles. The molecule has 0 fully saturated rings. The minimum atomic E-state index is -4.45. The van der Waals surface area contributed by atoms with E-state index < -0.39 is 11.7 Å². The number of hydrogen-bond acceptors (Lipinski definition) is 4. The number of fused-ring (bicyclic) bond motifs is 2. The van der Waals surface area contributed by atoms with Crippen molar-refractivity contribution in [2.45, 2.75) is 6.18 Å². The normalized spacial score (nSPS) is 11.5.